The summed E-state index contributed by atoms with van der Waals surface area (Å²) in [5.41, 5.74) is 6.69. The third kappa shape index (κ3) is 3.74. The zero-order chi connectivity index (χ0) is 15.5. The lowest BCUT2D eigenvalue weighted by atomic mass is 9.81. The van der Waals surface area contributed by atoms with E-state index >= 15 is 0 Å². The maximum Gasteiger partial charge on any atom is 0.234 e. The van der Waals surface area contributed by atoms with E-state index in [1.807, 2.05) is 26.0 Å². The molecular formula is C15H22ClN3O2S. The third-order valence-electron chi connectivity index (χ3n) is 4.10. The number of carbonyl (C=O) groups is 2. The highest BCUT2D eigenvalue weighted by molar-refractivity contribution is 8.00. The largest absolute Gasteiger partial charge is 0.329 e. The number of hydrogen-bond donors (Lipinski definition) is 3. The summed E-state index contributed by atoms with van der Waals surface area (Å²) < 4.78 is 0. The molecule has 1 aromatic carbocycles. The molecule has 22 heavy (non-hydrogen) atoms. The molecule has 0 bridgehead atoms. The van der Waals surface area contributed by atoms with Crippen LogP contribution in [0.2, 0.25) is 0 Å². The van der Waals surface area contributed by atoms with Crippen molar-refractivity contribution in [3.8, 4) is 0 Å². The summed E-state index contributed by atoms with van der Waals surface area (Å²) in [7, 11) is 0. The van der Waals surface area contributed by atoms with E-state index in [1.54, 1.807) is 6.07 Å². The average molecular weight is 344 g/mol. The van der Waals surface area contributed by atoms with Gasteiger partial charge >= 0.3 is 0 Å². The van der Waals surface area contributed by atoms with Crippen LogP contribution in [0.5, 0.6) is 0 Å². The van der Waals surface area contributed by atoms with Crippen LogP contribution in [-0.2, 0) is 9.59 Å². The first-order chi connectivity index (χ1) is 10.0. The lowest BCUT2D eigenvalue weighted by molar-refractivity contribution is -0.125. The Morgan fingerprint density at radius 2 is 2.09 bits per heavy atom. The van der Waals surface area contributed by atoms with Crippen LogP contribution in [0.4, 0.5) is 11.4 Å². The van der Waals surface area contributed by atoms with Gasteiger partial charge in [0.15, 0.2) is 0 Å². The Balaban J connectivity index is 0.00000242. The van der Waals surface area contributed by atoms with E-state index in [4.69, 9.17) is 5.73 Å². The van der Waals surface area contributed by atoms with Crippen LogP contribution in [0.15, 0.2) is 23.1 Å². The molecule has 5 nitrogen and oxygen atoms in total. The second kappa shape index (κ2) is 7.85. The summed E-state index contributed by atoms with van der Waals surface area (Å²) in [5, 5.41) is 5.74. The fraction of sp³-hybridized carbons (Fsp3) is 0.467. The number of benzene rings is 1. The number of halogens is 1. The van der Waals surface area contributed by atoms with Crippen LogP contribution in [0.1, 0.15) is 26.7 Å². The second-order valence-corrected chi connectivity index (χ2v) is 6.21. The molecule has 0 aromatic heterocycles. The quantitative estimate of drug-likeness (QED) is 0.767. The van der Waals surface area contributed by atoms with Crippen molar-refractivity contribution in [1.82, 2.24) is 0 Å². The van der Waals surface area contributed by atoms with Gasteiger partial charge in [0.05, 0.1) is 16.9 Å². The summed E-state index contributed by atoms with van der Waals surface area (Å²) in [6.07, 6.45) is 1.40. The molecule has 0 radical (unpaired) electrons. The first-order valence-electron chi connectivity index (χ1n) is 7.13. The number of amides is 2. The highest BCUT2D eigenvalue weighted by Crippen LogP contribution is 2.34. The molecule has 1 aliphatic heterocycles. The van der Waals surface area contributed by atoms with Crippen molar-refractivity contribution in [3.05, 3.63) is 18.2 Å². The number of carbonyl (C=O) groups excluding carboxylic acids is 2. The number of hydrogen-bond acceptors (Lipinski definition) is 4. The van der Waals surface area contributed by atoms with Gasteiger partial charge in [-0.3, -0.25) is 9.59 Å². The van der Waals surface area contributed by atoms with E-state index in [2.05, 4.69) is 10.6 Å². The fourth-order valence-corrected chi connectivity index (χ4v) is 3.17. The minimum absolute atomic E-state index is 0. The predicted molar refractivity (Wildman–Crippen MR) is 93.7 cm³/mol. The van der Waals surface area contributed by atoms with Crippen molar-refractivity contribution in [1.29, 1.82) is 0 Å². The highest BCUT2D eigenvalue weighted by atomic mass is 35.5. The molecule has 7 heteroatoms. The molecule has 0 saturated carbocycles. The Labute approximate surface area is 141 Å². The topological polar surface area (TPSA) is 84.2 Å². The second-order valence-electron chi connectivity index (χ2n) is 5.19. The molecule has 4 N–H and O–H groups in total. The third-order valence-corrected chi connectivity index (χ3v) is 5.17. The number of rotatable bonds is 5. The number of nitrogens with two attached hydrogens (primary N) is 1. The van der Waals surface area contributed by atoms with Crippen molar-refractivity contribution >= 4 is 47.4 Å². The summed E-state index contributed by atoms with van der Waals surface area (Å²) in [6.45, 7) is 4.27. The molecule has 0 atom stereocenters. The van der Waals surface area contributed by atoms with E-state index in [0.717, 1.165) is 10.6 Å². The standard InChI is InChI=1S/C15H21N3O2S.ClH/c1-3-15(4-2,9-16)14(20)17-10-5-6-12-11(7-10)18-13(19)8-21-12;/h5-7H,3-4,8-9,16H2,1-2H3,(H,17,20)(H,18,19);1H. The highest BCUT2D eigenvalue weighted by Gasteiger charge is 2.33. The molecule has 0 saturated heterocycles. The SMILES string of the molecule is CCC(CC)(CN)C(=O)Nc1ccc2c(c1)NC(=O)CS2.Cl. The lowest BCUT2D eigenvalue weighted by Crippen LogP contribution is -2.41. The summed E-state index contributed by atoms with van der Waals surface area (Å²) >= 11 is 1.50. The smallest absolute Gasteiger partial charge is 0.234 e. The van der Waals surface area contributed by atoms with Crippen molar-refractivity contribution in [2.24, 2.45) is 11.1 Å². The van der Waals surface area contributed by atoms with Crippen molar-refractivity contribution in [3.63, 3.8) is 0 Å². The van der Waals surface area contributed by atoms with Crippen molar-refractivity contribution in [2.45, 2.75) is 31.6 Å². The van der Waals surface area contributed by atoms with Crippen LogP contribution < -0.4 is 16.4 Å². The Morgan fingerprint density at radius 1 is 1.41 bits per heavy atom. The molecule has 122 valence electrons. The van der Waals surface area contributed by atoms with Gasteiger partial charge in [0.2, 0.25) is 11.8 Å². The molecule has 1 heterocycles. The predicted octanol–water partition coefficient (Wildman–Crippen LogP) is 2.86. The Kier molecular flexibility index (Phi) is 6.71. The number of thioether (sulfide) groups is 1. The van der Waals surface area contributed by atoms with E-state index in [0.29, 0.717) is 30.8 Å². The fourth-order valence-electron chi connectivity index (χ4n) is 2.38. The van der Waals surface area contributed by atoms with Gasteiger partial charge in [0.1, 0.15) is 0 Å². The van der Waals surface area contributed by atoms with Crippen molar-refractivity contribution in [2.75, 3.05) is 22.9 Å². The maximum absolute atomic E-state index is 12.5. The molecule has 0 fully saturated rings. The van der Waals surface area contributed by atoms with Gasteiger partial charge in [-0.2, -0.15) is 0 Å². The van der Waals surface area contributed by atoms with Crippen molar-refractivity contribution < 1.29 is 9.59 Å². The number of fused-ring (bicyclic) bond motifs is 1. The number of nitrogens with one attached hydrogen (secondary N) is 2. The summed E-state index contributed by atoms with van der Waals surface area (Å²) in [6, 6.07) is 5.56. The molecule has 1 aromatic rings. The van der Waals surface area contributed by atoms with Gasteiger partial charge in [0, 0.05) is 17.1 Å². The van der Waals surface area contributed by atoms with Gasteiger partial charge in [-0.15, -0.1) is 24.2 Å². The van der Waals surface area contributed by atoms with Crippen LogP contribution in [0.3, 0.4) is 0 Å². The molecule has 1 aliphatic rings. The maximum atomic E-state index is 12.5. The van der Waals surface area contributed by atoms with E-state index in [1.165, 1.54) is 11.8 Å². The molecule has 2 rings (SSSR count). The first-order valence-corrected chi connectivity index (χ1v) is 8.11. The summed E-state index contributed by atoms with van der Waals surface area (Å²) in [4.78, 5) is 24.9. The van der Waals surface area contributed by atoms with Gasteiger partial charge in [0.25, 0.3) is 0 Å². The van der Waals surface area contributed by atoms with E-state index in [9.17, 15) is 9.59 Å². The molecule has 0 aliphatic carbocycles. The van der Waals surface area contributed by atoms with Crippen LogP contribution >= 0.6 is 24.2 Å². The Morgan fingerprint density at radius 3 is 2.68 bits per heavy atom. The molecule has 0 spiro atoms. The molecule has 2 amide bonds. The summed E-state index contributed by atoms with van der Waals surface area (Å²) in [5.74, 6) is 0.347. The zero-order valence-electron chi connectivity index (χ0n) is 12.8. The Hall–Kier alpha value is -1.24. The van der Waals surface area contributed by atoms with Crippen LogP contribution in [0.25, 0.3) is 0 Å². The van der Waals surface area contributed by atoms with Crippen LogP contribution in [0, 0.1) is 5.41 Å². The van der Waals surface area contributed by atoms with Crippen LogP contribution in [-0.4, -0.2) is 24.1 Å². The van der Waals surface area contributed by atoms with E-state index in [-0.39, 0.29) is 24.2 Å². The normalized spacial score (nSPS) is 13.7. The van der Waals surface area contributed by atoms with Gasteiger partial charge < -0.3 is 16.4 Å². The Bertz CT molecular complexity index is 553. The minimum atomic E-state index is -0.534. The van der Waals surface area contributed by atoms with E-state index < -0.39 is 5.41 Å². The van der Waals surface area contributed by atoms with Gasteiger partial charge in [-0.25, -0.2) is 0 Å². The lowest BCUT2D eigenvalue weighted by Gasteiger charge is -2.28. The van der Waals surface area contributed by atoms with Gasteiger partial charge in [-0.05, 0) is 31.0 Å². The number of anilines is 2. The zero-order valence-corrected chi connectivity index (χ0v) is 14.4. The average Bonchev–Trinajstić information content (AvgIpc) is 2.49. The molecule has 0 unspecified atom stereocenters. The molecular weight excluding hydrogens is 322 g/mol. The minimum Gasteiger partial charge on any atom is -0.329 e. The monoisotopic (exact) mass is 343 g/mol. The van der Waals surface area contributed by atoms with Gasteiger partial charge in [-0.1, -0.05) is 13.8 Å². The first kappa shape index (κ1) is 18.8.